The minimum atomic E-state index is 0.173. The number of hydrogen-bond acceptors (Lipinski definition) is 6. The summed E-state index contributed by atoms with van der Waals surface area (Å²) in [6.07, 6.45) is 4.07. The van der Waals surface area contributed by atoms with E-state index in [1.165, 1.54) is 0 Å². The summed E-state index contributed by atoms with van der Waals surface area (Å²) in [6, 6.07) is 0.377. The molecule has 0 radical (unpaired) electrons. The molecule has 0 saturated carbocycles. The summed E-state index contributed by atoms with van der Waals surface area (Å²) in [4.78, 5) is 4.60. The molecule has 2 saturated heterocycles. The second-order valence-electron chi connectivity index (χ2n) is 6.01. The van der Waals surface area contributed by atoms with Crippen molar-refractivity contribution in [3.8, 4) is 0 Å². The predicted molar refractivity (Wildman–Crippen MR) is 77.2 cm³/mol. The van der Waals surface area contributed by atoms with Gasteiger partial charge in [-0.25, -0.2) is 0 Å². The maximum absolute atomic E-state index is 5.60. The number of aromatic nitrogens is 2. The maximum atomic E-state index is 5.60. The third-order valence-electron chi connectivity index (χ3n) is 4.31. The van der Waals surface area contributed by atoms with Crippen LogP contribution in [0, 0.1) is 5.92 Å². The van der Waals surface area contributed by atoms with Crippen molar-refractivity contribution >= 4 is 0 Å². The second-order valence-corrected chi connectivity index (χ2v) is 6.01. The first kappa shape index (κ1) is 14.9. The molecule has 0 amide bonds. The SMILES string of the molecule is CCCNC1CCOCC1c1nc(CC2CCOC2)no1. The number of nitrogens with zero attached hydrogens (tertiary/aromatic N) is 2. The van der Waals surface area contributed by atoms with Crippen molar-refractivity contribution in [1.82, 2.24) is 15.5 Å². The van der Waals surface area contributed by atoms with Crippen molar-refractivity contribution < 1.29 is 14.0 Å². The van der Waals surface area contributed by atoms with E-state index in [0.29, 0.717) is 18.6 Å². The second kappa shape index (κ2) is 7.33. The number of rotatable bonds is 6. The summed E-state index contributed by atoms with van der Waals surface area (Å²) >= 11 is 0. The van der Waals surface area contributed by atoms with Crippen LogP contribution in [0.1, 0.15) is 43.8 Å². The smallest absolute Gasteiger partial charge is 0.233 e. The molecule has 1 aromatic heterocycles. The summed E-state index contributed by atoms with van der Waals surface area (Å²) in [7, 11) is 0. The van der Waals surface area contributed by atoms with E-state index in [9.17, 15) is 0 Å². The standard InChI is InChI=1S/C15H25N3O3/c1-2-5-16-13-4-7-20-10-12(13)15-17-14(18-21-15)8-11-3-6-19-9-11/h11-13,16H,2-10H2,1H3. The molecule has 1 aromatic rings. The van der Waals surface area contributed by atoms with Gasteiger partial charge in [0.1, 0.15) is 0 Å². The fourth-order valence-electron chi connectivity index (χ4n) is 3.06. The van der Waals surface area contributed by atoms with Crippen molar-refractivity contribution in [3.05, 3.63) is 11.7 Å². The Morgan fingerprint density at radius 2 is 2.05 bits per heavy atom. The van der Waals surface area contributed by atoms with Gasteiger partial charge in [0.15, 0.2) is 5.82 Å². The van der Waals surface area contributed by atoms with Crippen molar-refractivity contribution in [2.24, 2.45) is 5.92 Å². The molecule has 3 rings (SSSR count). The van der Waals surface area contributed by atoms with Crippen LogP contribution in [0.4, 0.5) is 0 Å². The molecule has 21 heavy (non-hydrogen) atoms. The topological polar surface area (TPSA) is 69.4 Å². The highest BCUT2D eigenvalue weighted by atomic mass is 16.5. The third-order valence-corrected chi connectivity index (χ3v) is 4.31. The Morgan fingerprint density at radius 1 is 1.19 bits per heavy atom. The van der Waals surface area contributed by atoms with Crippen LogP contribution in [0.25, 0.3) is 0 Å². The Labute approximate surface area is 125 Å². The van der Waals surface area contributed by atoms with Gasteiger partial charge in [0.05, 0.1) is 12.5 Å². The number of hydrogen-bond donors (Lipinski definition) is 1. The molecule has 2 fully saturated rings. The molecule has 0 aliphatic carbocycles. The molecule has 3 atom stereocenters. The molecular weight excluding hydrogens is 270 g/mol. The molecule has 3 unspecified atom stereocenters. The molecule has 1 N–H and O–H groups in total. The van der Waals surface area contributed by atoms with Gasteiger partial charge in [-0.1, -0.05) is 12.1 Å². The largest absolute Gasteiger partial charge is 0.381 e. The molecular formula is C15H25N3O3. The summed E-state index contributed by atoms with van der Waals surface area (Å²) < 4.78 is 16.5. The molecule has 0 spiro atoms. The van der Waals surface area contributed by atoms with E-state index in [0.717, 1.165) is 63.8 Å². The van der Waals surface area contributed by atoms with Gasteiger partial charge in [-0.2, -0.15) is 4.98 Å². The van der Waals surface area contributed by atoms with Gasteiger partial charge >= 0.3 is 0 Å². The van der Waals surface area contributed by atoms with E-state index < -0.39 is 0 Å². The van der Waals surface area contributed by atoms with Crippen molar-refractivity contribution in [3.63, 3.8) is 0 Å². The fourth-order valence-corrected chi connectivity index (χ4v) is 3.06. The quantitative estimate of drug-likeness (QED) is 0.858. The van der Waals surface area contributed by atoms with Gasteiger partial charge in [0, 0.05) is 32.3 Å². The van der Waals surface area contributed by atoms with Crippen LogP contribution in [-0.4, -0.2) is 49.2 Å². The van der Waals surface area contributed by atoms with Crippen LogP contribution in [0.2, 0.25) is 0 Å². The summed E-state index contributed by atoms with van der Waals surface area (Å²) in [6.45, 7) is 6.33. The number of ether oxygens (including phenoxy) is 2. The Morgan fingerprint density at radius 3 is 2.86 bits per heavy atom. The first-order valence-corrected chi connectivity index (χ1v) is 8.08. The normalized spacial score (nSPS) is 29.9. The van der Waals surface area contributed by atoms with E-state index in [1.54, 1.807) is 0 Å². The van der Waals surface area contributed by atoms with Gasteiger partial charge < -0.3 is 19.3 Å². The minimum Gasteiger partial charge on any atom is -0.381 e. The third kappa shape index (κ3) is 3.81. The minimum absolute atomic E-state index is 0.173. The van der Waals surface area contributed by atoms with E-state index in [-0.39, 0.29) is 5.92 Å². The highest BCUT2D eigenvalue weighted by Crippen LogP contribution is 2.25. The average Bonchev–Trinajstić information content (AvgIpc) is 3.18. The van der Waals surface area contributed by atoms with E-state index >= 15 is 0 Å². The van der Waals surface area contributed by atoms with E-state index in [2.05, 4.69) is 22.4 Å². The van der Waals surface area contributed by atoms with Crippen LogP contribution in [0.5, 0.6) is 0 Å². The maximum Gasteiger partial charge on any atom is 0.233 e. The van der Waals surface area contributed by atoms with Crippen LogP contribution in [0.15, 0.2) is 4.52 Å². The lowest BCUT2D eigenvalue weighted by Crippen LogP contribution is -2.41. The van der Waals surface area contributed by atoms with Crippen LogP contribution < -0.4 is 5.32 Å². The first-order valence-electron chi connectivity index (χ1n) is 8.08. The van der Waals surface area contributed by atoms with Crippen LogP contribution in [0.3, 0.4) is 0 Å². The molecule has 118 valence electrons. The highest BCUT2D eigenvalue weighted by molar-refractivity contribution is 5.02. The average molecular weight is 295 g/mol. The lowest BCUT2D eigenvalue weighted by molar-refractivity contribution is 0.0498. The summed E-state index contributed by atoms with van der Waals surface area (Å²) in [5.41, 5.74) is 0. The summed E-state index contributed by atoms with van der Waals surface area (Å²) in [5, 5.41) is 7.72. The van der Waals surface area contributed by atoms with Gasteiger partial charge in [-0.3, -0.25) is 0 Å². The molecule has 2 aliphatic heterocycles. The Balaban J connectivity index is 1.62. The van der Waals surface area contributed by atoms with Crippen molar-refractivity contribution in [2.75, 3.05) is 33.0 Å². The van der Waals surface area contributed by atoms with Gasteiger partial charge in [0.2, 0.25) is 5.89 Å². The monoisotopic (exact) mass is 295 g/mol. The first-order chi connectivity index (χ1) is 10.4. The van der Waals surface area contributed by atoms with E-state index in [1.807, 2.05) is 0 Å². The van der Waals surface area contributed by atoms with Crippen LogP contribution >= 0.6 is 0 Å². The zero-order valence-electron chi connectivity index (χ0n) is 12.7. The van der Waals surface area contributed by atoms with Crippen molar-refractivity contribution in [1.29, 1.82) is 0 Å². The Hall–Kier alpha value is -0.980. The summed E-state index contributed by atoms with van der Waals surface area (Å²) in [5.74, 6) is 2.23. The number of nitrogens with one attached hydrogen (secondary N) is 1. The van der Waals surface area contributed by atoms with Crippen LogP contribution in [-0.2, 0) is 15.9 Å². The van der Waals surface area contributed by atoms with Gasteiger partial charge in [-0.05, 0) is 31.7 Å². The molecule has 6 heteroatoms. The zero-order valence-corrected chi connectivity index (χ0v) is 12.7. The fraction of sp³-hybridized carbons (Fsp3) is 0.867. The van der Waals surface area contributed by atoms with Gasteiger partial charge in [0.25, 0.3) is 0 Å². The van der Waals surface area contributed by atoms with Gasteiger partial charge in [-0.15, -0.1) is 0 Å². The molecule has 6 nitrogen and oxygen atoms in total. The Bertz CT molecular complexity index is 432. The zero-order chi connectivity index (χ0) is 14.5. The lowest BCUT2D eigenvalue weighted by atomic mass is 9.95. The van der Waals surface area contributed by atoms with E-state index in [4.69, 9.17) is 14.0 Å². The Kier molecular flexibility index (Phi) is 5.22. The lowest BCUT2D eigenvalue weighted by Gasteiger charge is -2.29. The molecule has 3 heterocycles. The molecule has 0 aromatic carbocycles. The predicted octanol–water partition coefficient (Wildman–Crippen LogP) is 1.52. The molecule has 2 aliphatic rings. The highest BCUT2D eigenvalue weighted by Gasteiger charge is 2.31. The molecule has 0 bridgehead atoms. The van der Waals surface area contributed by atoms with Crippen molar-refractivity contribution in [2.45, 2.75) is 44.6 Å².